The fourth-order valence-corrected chi connectivity index (χ4v) is 2.68. The third kappa shape index (κ3) is 5.13. The number of methoxy groups -OCH3 is 1. The minimum atomic E-state index is -1.23. The molecule has 2 N–H and O–H groups in total. The van der Waals surface area contributed by atoms with Crippen molar-refractivity contribution in [3.05, 3.63) is 65.7 Å². The van der Waals surface area contributed by atoms with Crippen LogP contribution in [0.3, 0.4) is 0 Å². The number of carbonyl (C=O) groups excluding carboxylic acids is 1. The quantitative estimate of drug-likeness (QED) is 0.694. The Hall–Kier alpha value is -3.28. The molecule has 0 radical (unpaired) electrons. The number of carboxylic acid groups (broad SMARTS) is 1. The lowest BCUT2D eigenvalue weighted by Crippen LogP contribution is -2.45. The molecule has 0 heterocycles. The molecule has 1 unspecified atom stereocenters. The van der Waals surface area contributed by atoms with E-state index in [1.165, 1.54) is 7.11 Å². The van der Waals surface area contributed by atoms with E-state index in [0.717, 1.165) is 5.56 Å². The molecule has 2 rings (SSSR count). The lowest BCUT2D eigenvalue weighted by atomic mass is 9.82. The van der Waals surface area contributed by atoms with Gasteiger partial charge in [0, 0.05) is 6.54 Å². The number of nitrogens with one attached hydrogen (secondary N) is 1. The highest BCUT2D eigenvalue weighted by atomic mass is 16.5. The van der Waals surface area contributed by atoms with Crippen LogP contribution in [0, 0.1) is 0 Å². The zero-order valence-corrected chi connectivity index (χ0v) is 16.3. The molecular formula is C22H25NO5. The van der Waals surface area contributed by atoms with Gasteiger partial charge < -0.3 is 19.9 Å². The zero-order valence-electron chi connectivity index (χ0n) is 16.3. The normalized spacial score (nSPS) is 13.0. The van der Waals surface area contributed by atoms with Crippen LogP contribution in [-0.2, 0) is 15.0 Å². The van der Waals surface area contributed by atoms with Crippen molar-refractivity contribution < 1.29 is 24.2 Å². The topological polar surface area (TPSA) is 84.9 Å². The molecule has 2 aromatic rings. The first-order chi connectivity index (χ1) is 13.4. The number of amides is 1. The van der Waals surface area contributed by atoms with E-state index in [1.807, 2.05) is 37.3 Å². The third-order valence-corrected chi connectivity index (χ3v) is 4.43. The van der Waals surface area contributed by atoms with Gasteiger partial charge in [-0.1, -0.05) is 48.6 Å². The van der Waals surface area contributed by atoms with Crippen molar-refractivity contribution in [1.29, 1.82) is 0 Å². The van der Waals surface area contributed by atoms with E-state index in [-0.39, 0.29) is 13.2 Å². The molecule has 0 saturated heterocycles. The van der Waals surface area contributed by atoms with Gasteiger partial charge in [0.05, 0.1) is 7.11 Å². The maximum atomic E-state index is 12.2. The van der Waals surface area contributed by atoms with E-state index in [0.29, 0.717) is 17.1 Å². The predicted octanol–water partition coefficient (Wildman–Crippen LogP) is 3.27. The standard InChI is InChI=1S/C22H25NO5/c1-4-8-16-11-12-18(19(13-16)27-3)28-14-20(24)23-15-22(2,21(25)26)17-9-6-5-7-10-17/h4-13H,14-15H2,1-3H3,(H,23,24)(H,25,26)/b8-4+. The number of carbonyl (C=O) groups is 2. The molecule has 0 fully saturated rings. The number of ether oxygens (including phenoxy) is 2. The number of aliphatic carboxylic acids is 1. The molecule has 0 aliphatic rings. The smallest absolute Gasteiger partial charge is 0.315 e. The Balaban J connectivity index is 2.00. The fourth-order valence-electron chi connectivity index (χ4n) is 2.68. The highest BCUT2D eigenvalue weighted by molar-refractivity contribution is 5.83. The van der Waals surface area contributed by atoms with Crippen LogP contribution in [0.4, 0.5) is 0 Å². The van der Waals surface area contributed by atoms with Crippen LogP contribution in [-0.4, -0.2) is 37.2 Å². The molecule has 0 aliphatic carbocycles. The third-order valence-electron chi connectivity index (χ3n) is 4.43. The van der Waals surface area contributed by atoms with Crippen molar-refractivity contribution in [2.75, 3.05) is 20.3 Å². The van der Waals surface area contributed by atoms with Gasteiger partial charge in [-0.15, -0.1) is 0 Å². The van der Waals surface area contributed by atoms with Crippen LogP contribution in [0.5, 0.6) is 11.5 Å². The molecule has 0 spiro atoms. The number of hydrogen-bond donors (Lipinski definition) is 2. The predicted molar refractivity (Wildman–Crippen MR) is 108 cm³/mol. The summed E-state index contributed by atoms with van der Waals surface area (Å²) in [6.07, 6.45) is 3.84. The van der Waals surface area contributed by atoms with Gasteiger partial charge in [-0.05, 0) is 37.1 Å². The molecule has 28 heavy (non-hydrogen) atoms. The van der Waals surface area contributed by atoms with Gasteiger partial charge in [0.2, 0.25) is 0 Å². The van der Waals surface area contributed by atoms with Crippen molar-refractivity contribution in [3.8, 4) is 11.5 Å². The number of allylic oxidation sites excluding steroid dienone is 1. The molecule has 1 atom stereocenters. The average molecular weight is 383 g/mol. The summed E-state index contributed by atoms with van der Waals surface area (Å²) in [4.78, 5) is 24.0. The van der Waals surface area contributed by atoms with E-state index >= 15 is 0 Å². The van der Waals surface area contributed by atoms with Crippen LogP contribution in [0.25, 0.3) is 6.08 Å². The Kier molecular flexibility index (Phi) is 7.21. The van der Waals surface area contributed by atoms with Gasteiger partial charge in [0.15, 0.2) is 18.1 Å². The summed E-state index contributed by atoms with van der Waals surface area (Å²) in [6, 6.07) is 14.2. The molecule has 0 aromatic heterocycles. The number of benzene rings is 2. The van der Waals surface area contributed by atoms with E-state index in [4.69, 9.17) is 9.47 Å². The van der Waals surface area contributed by atoms with Crippen LogP contribution >= 0.6 is 0 Å². The molecule has 6 heteroatoms. The molecule has 2 aromatic carbocycles. The molecule has 0 aliphatic heterocycles. The summed E-state index contributed by atoms with van der Waals surface area (Å²) in [5, 5.41) is 12.3. The van der Waals surface area contributed by atoms with E-state index in [9.17, 15) is 14.7 Å². The lowest BCUT2D eigenvalue weighted by molar-refractivity contribution is -0.143. The zero-order chi connectivity index (χ0) is 20.6. The number of rotatable bonds is 9. The first kappa shape index (κ1) is 21.0. The fraction of sp³-hybridized carbons (Fsp3) is 0.273. The van der Waals surface area contributed by atoms with Crippen molar-refractivity contribution in [2.45, 2.75) is 19.3 Å². The van der Waals surface area contributed by atoms with Crippen LogP contribution in [0.1, 0.15) is 25.0 Å². The summed E-state index contributed by atoms with van der Waals surface area (Å²) in [7, 11) is 1.53. The van der Waals surface area contributed by atoms with Gasteiger partial charge in [-0.2, -0.15) is 0 Å². The van der Waals surface area contributed by atoms with Crippen molar-refractivity contribution in [2.24, 2.45) is 0 Å². The van der Waals surface area contributed by atoms with Crippen LogP contribution in [0.15, 0.2) is 54.6 Å². The van der Waals surface area contributed by atoms with E-state index in [1.54, 1.807) is 37.3 Å². The van der Waals surface area contributed by atoms with Crippen LogP contribution in [0.2, 0.25) is 0 Å². The van der Waals surface area contributed by atoms with E-state index < -0.39 is 17.3 Å². The maximum Gasteiger partial charge on any atom is 0.315 e. The monoisotopic (exact) mass is 383 g/mol. The molecule has 1 amide bonds. The van der Waals surface area contributed by atoms with Gasteiger partial charge in [0.1, 0.15) is 5.41 Å². The molecule has 0 saturated carbocycles. The Labute approximate surface area is 164 Å². The van der Waals surface area contributed by atoms with Gasteiger partial charge >= 0.3 is 5.97 Å². The maximum absolute atomic E-state index is 12.2. The second-order valence-corrected chi connectivity index (χ2v) is 6.48. The SMILES string of the molecule is C/C=C/c1ccc(OCC(=O)NCC(C)(C(=O)O)c2ccccc2)c(OC)c1. The summed E-state index contributed by atoms with van der Waals surface area (Å²) in [6.45, 7) is 3.20. The minimum Gasteiger partial charge on any atom is -0.493 e. The van der Waals surface area contributed by atoms with Gasteiger partial charge in [-0.3, -0.25) is 9.59 Å². The number of carboxylic acids is 1. The van der Waals surface area contributed by atoms with Crippen molar-refractivity contribution in [1.82, 2.24) is 5.32 Å². The first-order valence-electron chi connectivity index (χ1n) is 8.90. The average Bonchev–Trinajstić information content (AvgIpc) is 2.71. The highest BCUT2D eigenvalue weighted by Gasteiger charge is 2.35. The van der Waals surface area contributed by atoms with Crippen molar-refractivity contribution >= 4 is 18.0 Å². The molecule has 0 bridgehead atoms. The summed E-state index contributed by atoms with van der Waals surface area (Å²) >= 11 is 0. The largest absolute Gasteiger partial charge is 0.493 e. The molecule has 6 nitrogen and oxygen atoms in total. The Morgan fingerprint density at radius 2 is 1.86 bits per heavy atom. The molecule has 148 valence electrons. The Bertz CT molecular complexity index is 847. The van der Waals surface area contributed by atoms with E-state index in [2.05, 4.69) is 5.32 Å². The number of hydrogen-bond acceptors (Lipinski definition) is 4. The van der Waals surface area contributed by atoms with Crippen LogP contribution < -0.4 is 14.8 Å². The first-order valence-corrected chi connectivity index (χ1v) is 8.90. The molecular weight excluding hydrogens is 358 g/mol. The summed E-state index contributed by atoms with van der Waals surface area (Å²) < 4.78 is 10.8. The van der Waals surface area contributed by atoms with Gasteiger partial charge in [0.25, 0.3) is 5.91 Å². The summed E-state index contributed by atoms with van der Waals surface area (Å²) in [5.41, 5.74) is 0.337. The minimum absolute atomic E-state index is 0.0497. The summed E-state index contributed by atoms with van der Waals surface area (Å²) in [5.74, 6) is -0.470. The lowest BCUT2D eigenvalue weighted by Gasteiger charge is -2.25. The second-order valence-electron chi connectivity index (χ2n) is 6.48. The second kappa shape index (κ2) is 9.60. The Morgan fingerprint density at radius 1 is 1.14 bits per heavy atom. The van der Waals surface area contributed by atoms with Crippen molar-refractivity contribution in [3.63, 3.8) is 0 Å². The highest BCUT2D eigenvalue weighted by Crippen LogP contribution is 2.28. The van der Waals surface area contributed by atoms with Gasteiger partial charge in [-0.25, -0.2) is 0 Å². The Morgan fingerprint density at radius 3 is 2.46 bits per heavy atom.